The highest BCUT2D eigenvalue weighted by molar-refractivity contribution is 6.33. The number of methoxy groups -OCH3 is 1. The second-order valence-electron chi connectivity index (χ2n) is 6.85. The molecule has 31 heavy (non-hydrogen) atoms. The Morgan fingerprint density at radius 1 is 1.10 bits per heavy atom. The van der Waals surface area contributed by atoms with Gasteiger partial charge in [0.25, 0.3) is 11.5 Å². The van der Waals surface area contributed by atoms with Crippen molar-refractivity contribution in [3.05, 3.63) is 80.3 Å². The SMILES string of the molecule is COc1cc(-n2cccc2)c(Cl)cc1C(=O)Nc1cnc2c(c1)c(=O)n(C)c(=O)n2C. The predicted molar refractivity (Wildman–Crippen MR) is 118 cm³/mol. The maximum absolute atomic E-state index is 12.9. The van der Waals surface area contributed by atoms with Gasteiger partial charge < -0.3 is 14.6 Å². The highest BCUT2D eigenvalue weighted by atomic mass is 35.5. The van der Waals surface area contributed by atoms with Crippen LogP contribution >= 0.6 is 11.6 Å². The smallest absolute Gasteiger partial charge is 0.332 e. The number of nitrogens with zero attached hydrogens (tertiary/aromatic N) is 4. The highest BCUT2D eigenvalue weighted by Gasteiger charge is 2.18. The van der Waals surface area contributed by atoms with Crippen molar-refractivity contribution in [2.24, 2.45) is 14.1 Å². The first-order valence-electron chi connectivity index (χ1n) is 9.20. The molecule has 9 nitrogen and oxygen atoms in total. The molecule has 158 valence electrons. The third-order valence-corrected chi connectivity index (χ3v) is 5.25. The number of carbonyl (C=O) groups is 1. The largest absolute Gasteiger partial charge is 0.496 e. The van der Waals surface area contributed by atoms with E-state index in [1.165, 1.54) is 44.1 Å². The minimum Gasteiger partial charge on any atom is -0.496 e. The number of aromatic nitrogens is 4. The van der Waals surface area contributed by atoms with E-state index in [1.54, 1.807) is 10.6 Å². The summed E-state index contributed by atoms with van der Waals surface area (Å²) in [5, 5.41) is 3.27. The zero-order valence-corrected chi connectivity index (χ0v) is 17.7. The first-order chi connectivity index (χ1) is 14.8. The van der Waals surface area contributed by atoms with Gasteiger partial charge in [-0.05, 0) is 24.3 Å². The lowest BCUT2D eigenvalue weighted by Crippen LogP contribution is -2.37. The second-order valence-corrected chi connectivity index (χ2v) is 7.26. The fraction of sp³-hybridized carbons (Fsp3) is 0.143. The third-order valence-electron chi connectivity index (χ3n) is 4.95. The van der Waals surface area contributed by atoms with Gasteiger partial charge in [0.05, 0.1) is 40.7 Å². The molecule has 0 saturated carbocycles. The molecule has 0 bridgehead atoms. The Bertz CT molecular complexity index is 1440. The van der Waals surface area contributed by atoms with Crippen LogP contribution in [0.4, 0.5) is 5.69 Å². The molecule has 0 fully saturated rings. The summed E-state index contributed by atoms with van der Waals surface area (Å²) >= 11 is 6.40. The van der Waals surface area contributed by atoms with Crippen molar-refractivity contribution >= 4 is 34.2 Å². The lowest BCUT2D eigenvalue weighted by atomic mass is 10.1. The van der Waals surface area contributed by atoms with Crippen LogP contribution in [0.5, 0.6) is 5.75 Å². The van der Waals surface area contributed by atoms with Crippen LogP contribution in [0.15, 0.2) is 58.5 Å². The average Bonchev–Trinajstić information content (AvgIpc) is 3.30. The van der Waals surface area contributed by atoms with Crippen molar-refractivity contribution in [3.63, 3.8) is 0 Å². The van der Waals surface area contributed by atoms with Crippen LogP contribution in [-0.4, -0.2) is 31.7 Å². The van der Waals surface area contributed by atoms with E-state index >= 15 is 0 Å². The van der Waals surface area contributed by atoms with Crippen molar-refractivity contribution < 1.29 is 9.53 Å². The van der Waals surface area contributed by atoms with Crippen molar-refractivity contribution in [2.45, 2.75) is 0 Å². The number of halogens is 1. The molecule has 0 spiro atoms. The number of amides is 1. The van der Waals surface area contributed by atoms with E-state index in [0.717, 1.165) is 4.57 Å². The van der Waals surface area contributed by atoms with Crippen LogP contribution in [0.1, 0.15) is 10.4 Å². The highest BCUT2D eigenvalue weighted by Crippen LogP contribution is 2.30. The quantitative estimate of drug-likeness (QED) is 0.526. The average molecular weight is 440 g/mol. The van der Waals surface area contributed by atoms with Gasteiger partial charge in [-0.2, -0.15) is 0 Å². The van der Waals surface area contributed by atoms with E-state index in [9.17, 15) is 14.4 Å². The Labute approximate surface area is 181 Å². The predicted octanol–water partition coefficient (Wildman–Crippen LogP) is 2.34. The fourth-order valence-electron chi connectivity index (χ4n) is 3.31. The Morgan fingerprint density at radius 3 is 2.48 bits per heavy atom. The lowest BCUT2D eigenvalue weighted by Gasteiger charge is -2.14. The first-order valence-corrected chi connectivity index (χ1v) is 9.57. The minimum absolute atomic E-state index is 0.204. The number of hydrogen-bond donors (Lipinski definition) is 1. The molecule has 0 radical (unpaired) electrons. The molecule has 0 aliphatic rings. The summed E-state index contributed by atoms with van der Waals surface area (Å²) in [7, 11) is 4.37. The molecule has 10 heteroatoms. The summed E-state index contributed by atoms with van der Waals surface area (Å²) in [6.07, 6.45) is 5.03. The molecule has 4 rings (SSSR count). The van der Waals surface area contributed by atoms with Gasteiger partial charge in [0.2, 0.25) is 0 Å². The number of aryl methyl sites for hydroxylation is 1. The summed E-state index contributed by atoms with van der Waals surface area (Å²) in [6, 6.07) is 8.38. The number of nitrogens with one attached hydrogen (secondary N) is 1. The number of benzene rings is 1. The lowest BCUT2D eigenvalue weighted by molar-refractivity contribution is 0.102. The monoisotopic (exact) mass is 439 g/mol. The summed E-state index contributed by atoms with van der Waals surface area (Å²) in [5.74, 6) is -0.154. The van der Waals surface area contributed by atoms with Gasteiger partial charge in [-0.15, -0.1) is 0 Å². The van der Waals surface area contributed by atoms with Crippen LogP contribution in [0.25, 0.3) is 16.7 Å². The Kier molecular flexibility index (Phi) is 5.12. The van der Waals surface area contributed by atoms with Gasteiger partial charge in [0, 0.05) is 32.6 Å². The van der Waals surface area contributed by atoms with E-state index in [4.69, 9.17) is 16.3 Å². The number of fused-ring (bicyclic) bond motifs is 1. The van der Waals surface area contributed by atoms with Crippen LogP contribution < -0.4 is 21.3 Å². The summed E-state index contributed by atoms with van der Waals surface area (Å²) in [6.45, 7) is 0. The maximum Gasteiger partial charge on any atom is 0.332 e. The summed E-state index contributed by atoms with van der Waals surface area (Å²) in [5.41, 5.74) is 0.416. The zero-order chi connectivity index (χ0) is 22.3. The number of ether oxygens (including phenoxy) is 1. The van der Waals surface area contributed by atoms with Crippen LogP contribution in [0.2, 0.25) is 5.02 Å². The van der Waals surface area contributed by atoms with Crippen molar-refractivity contribution in [1.29, 1.82) is 0 Å². The number of rotatable bonds is 4. The molecule has 1 amide bonds. The molecule has 3 heterocycles. The van der Waals surface area contributed by atoms with Gasteiger partial charge >= 0.3 is 5.69 Å². The molecule has 4 aromatic rings. The van der Waals surface area contributed by atoms with Gasteiger partial charge in [-0.25, -0.2) is 9.78 Å². The maximum atomic E-state index is 12.9. The van der Waals surface area contributed by atoms with Crippen molar-refractivity contribution in [2.75, 3.05) is 12.4 Å². The topological polar surface area (TPSA) is 100 Å². The van der Waals surface area contributed by atoms with Gasteiger partial charge in [-0.3, -0.25) is 18.7 Å². The third kappa shape index (κ3) is 3.49. The molecule has 3 aromatic heterocycles. The molecular weight excluding hydrogens is 422 g/mol. The fourth-order valence-corrected chi connectivity index (χ4v) is 3.58. The number of pyridine rings is 1. The number of anilines is 1. The van der Waals surface area contributed by atoms with Crippen LogP contribution in [0.3, 0.4) is 0 Å². The molecule has 1 aromatic carbocycles. The Hall–Kier alpha value is -3.85. The van der Waals surface area contributed by atoms with E-state index in [-0.39, 0.29) is 16.6 Å². The Morgan fingerprint density at radius 2 is 1.81 bits per heavy atom. The number of carbonyl (C=O) groups excluding carboxylic acids is 1. The van der Waals surface area contributed by atoms with E-state index < -0.39 is 17.2 Å². The standard InChI is InChI=1S/C21H18ClN5O4/c1-25-18-14(20(29)26(2)21(25)30)8-12(11-23-18)24-19(28)13-9-15(22)16(10-17(13)31-3)27-6-4-5-7-27/h4-11H,1-3H3,(H,24,28). The van der Waals surface area contributed by atoms with Crippen molar-refractivity contribution in [3.8, 4) is 11.4 Å². The molecule has 0 aliphatic heterocycles. The molecule has 0 saturated heterocycles. The van der Waals surface area contributed by atoms with Gasteiger partial charge in [0.15, 0.2) is 0 Å². The first kappa shape index (κ1) is 20.4. The minimum atomic E-state index is -0.501. The summed E-state index contributed by atoms with van der Waals surface area (Å²) < 4.78 is 9.45. The summed E-state index contributed by atoms with van der Waals surface area (Å²) in [4.78, 5) is 41.6. The molecule has 0 atom stereocenters. The molecule has 1 N–H and O–H groups in total. The van der Waals surface area contributed by atoms with E-state index in [0.29, 0.717) is 22.1 Å². The Balaban J connectivity index is 1.73. The van der Waals surface area contributed by atoms with Crippen molar-refractivity contribution in [1.82, 2.24) is 18.7 Å². The van der Waals surface area contributed by atoms with Crippen LogP contribution in [0, 0.1) is 0 Å². The van der Waals surface area contributed by atoms with Crippen LogP contribution in [-0.2, 0) is 14.1 Å². The van der Waals surface area contributed by atoms with E-state index in [2.05, 4.69) is 10.3 Å². The molecule has 0 aliphatic carbocycles. The normalized spacial score (nSPS) is 11.0. The molecular formula is C21H18ClN5O4. The molecule has 0 unspecified atom stereocenters. The number of hydrogen-bond acceptors (Lipinski definition) is 5. The van der Waals surface area contributed by atoms with Gasteiger partial charge in [-0.1, -0.05) is 11.6 Å². The second kappa shape index (κ2) is 7.77. The van der Waals surface area contributed by atoms with E-state index in [1.807, 2.05) is 24.5 Å². The van der Waals surface area contributed by atoms with Gasteiger partial charge in [0.1, 0.15) is 11.4 Å². The zero-order valence-electron chi connectivity index (χ0n) is 16.9.